The standard InChI is InChI=1S/C10H13N3O3/c11-9(12)6-3-1-2-5(4-6)7(14)8(15)10(13)16/h1-4,7-8,14-15H,(H3,11,12)(H2,13,16). The number of nitrogen functional groups attached to an aromatic ring is 1. The van der Waals surface area contributed by atoms with Crippen LogP contribution in [0.4, 0.5) is 0 Å². The Bertz CT molecular complexity index is 420. The van der Waals surface area contributed by atoms with Crippen molar-refractivity contribution in [2.45, 2.75) is 12.2 Å². The number of primary amides is 1. The van der Waals surface area contributed by atoms with Crippen molar-refractivity contribution >= 4 is 11.7 Å². The Morgan fingerprint density at radius 1 is 1.31 bits per heavy atom. The van der Waals surface area contributed by atoms with Crippen molar-refractivity contribution in [1.29, 1.82) is 5.41 Å². The number of carbonyl (C=O) groups is 1. The van der Waals surface area contributed by atoms with E-state index in [4.69, 9.17) is 16.9 Å². The lowest BCUT2D eigenvalue weighted by Gasteiger charge is -2.15. The molecule has 0 aromatic heterocycles. The van der Waals surface area contributed by atoms with E-state index in [0.29, 0.717) is 5.56 Å². The van der Waals surface area contributed by atoms with Crippen LogP contribution in [0.25, 0.3) is 0 Å². The van der Waals surface area contributed by atoms with Gasteiger partial charge in [-0.1, -0.05) is 18.2 Å². The minimum atomic E-state index is -1.68. The summed E-state index contributed by atoms with van der Waals surface area (Å²) in [7, 11) is 0. The zero-order valence-corrected chi connectivity index (χ0v) is 8.42. The van der Waals surface area contributed by atoms with E-state index in [1.54, 1.807) is 12.1 Å². The van der Waals surface area contributed by atoms with Gasteiger partial charge in [0.1, 0.15) is 11.9 Å². The fourth-order valence-corrected chi connectivity index (χ4v) is 1.23. The minimum absolute atomic E-state index is 0.164. The van der Waals surface area contributed by atoms with Gasteiger partial charge in [0.25, 0.3) is 0 Å². The van der Waals surface area contributed by atoms with Gasteiger partial charge in [0.15, 0.2) is 6.10 Å². The Balaban J connectivity index is 3.00. The maximum Gasteiger partial charge on any atom is 0.249 e. The second-order valence-corrected chi connectivity index (χ2v) is 3.33. The fraction of sp³-hybridized carbons (Fsp3) is 0.200. The van der Waals surface area contributed by atoms with Crippen molar-refractivity contribution in [2.75, 3.05) is 0 Å². The number of nitrogens with one attached hydrogen (secondary N) is 1. The number of aliphatic hydroxyl groups excluding tert-OH is 2. The number of nitrogens with two attached hydrogens (primary N) is 2. The van der Waals surface area contributed by atoms with Crippen molar-refractivity contribution in [3.63, 3.8) is 0 Å². The minimum Gasteiger partial charge on any atom is -0.385 e. The van der Waals surface area contributed by atoms with Gasteiger partial charge in [0.05, 0.1) is 0 Å². The highest BCUT2D eigenvalue weighted by Crippen LogP contribution is 2.17. The molecular weight excluding hydrogens is 210 g/mol. The third-order valence-electron chi connectivity index (χ3n) is 2.13. The molecule has 6 nitrogen and oxygen atoms in total. The second kappa shape index (κ2) is 4.73. The summed E-state index contributed by atoms with van der Waals surface area (Å²) in [6, 6.07) is 6.06. The first-order chi connectivity index (χ1) is 7.43. The number of rotatable bonds is 4. The molecule has 16 heavy (non-hydrogen) atoms. The summed E-state index contributed by atoms with van der Waals surface area (Å²) in [4.78, 5) is 10.7. The third kappa shape index (κ3) is 2.56. The first kappa shape index (κ1) is 12.2. The summed E-state index contributed by atoms with van der Waals surface area (Å²) in [5, 5.41) is 26.1. The van der Waals surface area contributed by atoms with Gasteiger partial charge >= 0.3 is 0 Å². The lowest BCUT2D eigenvalue weighted by molar-refractivity contribution is -0.131. The van der Waals surface area contributed by atoms with Gasteiger partial charge in [0.2, 0.25) is 5.91 Å². The van der Waals surface area contributed by atoms with E-state index in [1.165, 1.54) is 12.1 Å². The van der Waals surface area contributed by atoms with Gasteiger partial charge in [-0.3, -0.25) is 10.2 Å². The summed E-state index contributed by atoms with van der Waals surface area (Å²) >= 11 is 0. The maximum absolute atomic E-state index is 10.7. The summed E-state index contributed by atoms with van der Waals surface area (Å²) in [5.41, 5.74) is 10.8. The Morgan fingerprint density at radius 3 is 2.44 bits per heavy atom. The van der Waals surface area contributed by atoms with Crippen LogP contribution in [0, 0.1) is 5.41 Å². The molecule has 0 bridgehead atoms. The zero-order valence-electron chi connectivity index (χ0n) is 8.42. The normalized spacial score (nSPS) is 14.1. The van der Waals surface area contributed by atoms with Crippen LogP contribution in [0.15, 0.2) is 24.3 Å². The number of amides is 1. The number of benzene rings is 1. The number of amidine groups is 1. The molecule has 86 valence electrons. The summed E-state index contributed by atoms with van der Waals surface area (Å²) in [6.07, 6.45) is -3.10. The van der Waals surface area contributed by atoms with E-state index in [-0.39, 0.29) is 11.4 Å². The SMILES string of the molecule is N=C(N)c1cccc(C(O)C(O)C(N)=O)c1. The third-order valence-corrected chi connectivity index (χ3v) is 2.13. The van der Waals surface area contributed by atoms with Gasteiger partial charge in [0, 0.05) is 5.56 Å². The number of hydrogen-bond acceptors (Lipinski definition) is 4. The zero-order chi connectivity index (χ0) is 12.3. The van der Waals surface area contributed by atoms with Crippen LogP contribution in [-0.4, -0.2) is 28.1 Å². The van der Waals surface area contributed by atoms with Crippen LogP contribution >= 0.6 is 0 Å². The number of hydrogen-bond donors (Lipinski definition) is 5. The largest absolute Gasteiger partial charge is 0.385 e. The molecule has 2 atom stereocenters. The molecule has 0 radical (unpaired) electrons. The van der Waals surface area contributed by atoms with Crippen molar-refractivity contribution in [2.24, 2.45) is 11.5 Å². The Morgan fingerprint density at radius 2 is 1.94 bits per heavy atom. The van der Waals surface area contributed by atoms with Crippen LogP contribution in [0.5, 0.6) is 0 Å². The quantitative estimate of drug-likeness (QED) is 0.325. The molecule has 0 aliphatic rings. The van der Waals surface area contributed by atoms with Crippen LogP contribution < -0.4 is 11.5 Å². The fourth-order valence-electron chi connectivity index (χ4n) is 1.23. The topological polar surface area (TPSA) is 133 Å². The summed E-state index contributed by atoms with van der Waals surface area (Å²) in [5.74, 6) is -1.18. The number of aliphatic hydroxyl groups is 2. The molecule has 1 amide bonds. The molecule has 0 spiro atoms. The van der Waals surface area contributed by atoms with Gasteiger partial charge < -0.3 is 21.7 Å². The molecule has 7 N–H and O–H groups in total. The molecule has 0 heterocycles. The lowest BCUT2D eigenvalue weighted by Crippen LogP contribution is -2.33. The van der Waals surface area contributed by atoms with Crippen molar-refractivity contribution in [3.8, 4) is 0 Å². The summed E-state index contributed by atoms with van der Waals surface area (Å²) < 4.78 is 0. The van der Waals surface area contributed by atoms with Gasteiger partial charge in [-0.2, -0.15) is 0 Å². The lowest BCUT2D eigenvalue weighted by atomic mass is 10.0. The van der Waals surface area contributed by atoms with Crippen LogP contribution in [0.2, 0.25) is 0 Å². The molecule has 1 rings (SSSR count). The molecule has 0 aliphatic carbocycles. The molecule has 1 aromatic rings. The highest BCUT2D eigenvalue weighted by Gasteiger charge is 2.23. The van der Waals surface area contributed by atoms with E-state index in [1.807, 2.05) is 0 Å². The highest BCUT2D eigenvalue weighted by atomic mass is 16.3. The summed E-state index contributed by atoms with van der Waals surface area (Å²) in [6.45, 7) is 0. The van der Waals surface area contributed by atoms with E-state index in [0.717, 1.165) is 0 Å². The average molecular weight is 223 g/mol. The van der Waals surface area contributed by atoms with E-state index >= 15 is 0 Å². The molecule has 0 saturated carbocycles. The van der Waals surface area contributed by atoms with Crippen LogP contribution in [0.1, 0.15) is 17.2 Å². The van der Waals surface area contributed by atoms with Gasteiger partial charge in [-0.05, 0) is 11.6 Å². The van der Waals surface area contributed by atoms with Crippen molar-refractivity contribution < 1.29 is 15.0 Å². The van der Waals surface area contributed by atoms with Gasteiger partial charge in [-0.25, -0.2) is 0 Å². The Kier molecular flexibility index (Phi) is 3.60. The van der Waals surface area contributed by atoms with Crippen LogP contribution in [-0.2, 0) is 4.79 Å². The predicted octanol–water partition coefficient (Wildman–Crippen LogP) is -1.15. The maximum atomic E-state index is 10.7. The average Bonchev–Trinajstić information content (AvgIpc) is 2.27. The Hall–Kier alpha value is -1.92. The predicted molar refractivity (Wildman–Crippen MR) is 57.6 cm³/mol. The van der Waals surface area contributed by atoms with Gasteiger partial charge in [-0.15, -0.1) is 0 Å². The molecule has 1 aromatic carbocycles. The highest BCUT2D eigenvalue weighted by molar-refractivity contribution is 5.95. The molecule has 0 fully saturated rings. The molecular formula is C10H13N3O3. The van der Waals surface area contributed by atoms with E-state index in [9.17, 15) is 15.0 Å². The monoisotopic (exact) mass is 223 g/mol. The number of carbonyl (C=O) groups excluding carboxylic acids is 1. The Labute approximate surface area is 92.0 Å². The van der Waals surface area contributed by atoms with Crippen molar-refractivity contribution in [1.82, 2.24) is 0 Å². The second-order valence-electron chi connectivity index (χ2n) is 3.33. The molecule has 0 saturated heterocycles. The molecule has 6 heteroatoms. The first-order valence-corrected chi connectivity index (χ1v) is 4.53. The van der Waals surface area contributed by atoms with Crippen LogP contribution in [0.3, 0.4) is 0 Å². The molecule has 0 aliphatic heterocycles. The first-order valence-electron chi connectivity index (χ1n) is 4.53. The smallest absolute Gasteiger partial charge is 0.249 e. The van der Waals surface area contributed by atoms with E-state index in [2.05, 4.69) is 0 Å². The van der Waals surface area contributed by atoms with E-state index < -0.39 is 18.1 Å². The van der Waals surface area contributed by atoms with Crippen molar-refractivity contribution in [3.05, 3.63) is 35.4 Å². The molecule has 2 unspecified atom stereocenters.